The number of nitrogens with one attached hydrogen (secondary N) is 2. The Balaban J connectivity index is 2.63. The molecule has 0 aliphatic rings. The molecule has 0 aliphatic heterocycles. The number of halogens is 3. The van der Waals surface area contributed by atoms with E-state index in [0.29, 0.717) is 6.07 Å². The summed E-state index contributed by atoms with van der Waals surface area (Å²) in [6, 6.07) is 1.66. The number of alkyl halides is 2. The first-order valence-corrected chi connectivity index (χ1v) is 5.87. The number of anilines is 1. The third-order valence-electron chi connectivity index (χ3n) is 2.47. The Morgan fingerprint density at radius 1 is 1.41 bits per heavy atom. The normalized spacial score (nSPS) is 13.4. The van der Waals surface area contributed by atoms with Gasteiger partial charge in [0.2, 0.25) is 0 Å². The summed E-state index contributed by atoms with van der Waals surface area (Å²) in [5.74, 6) is -3.00. The largest absolute Gasteiger partial charge is 0.479 e. The SMILES string of the molecule is CC(O)(CNC(=O)Nc1ccc(OC(F)F)cc1F)C(=O)O. The average molecular weight is 322 g/mol. The maximum atomic E-state index is 13.6. The summed E-state index contributed by atoms with van der Waals surface area (Å²) < 4.78 is 41.4. The van der Waals surface area contributed by atoms with E-state index in [4.69, 9.17) is 5.11 Å². The lowest BCUT2D eigenvalue weighted by atomic mass is 10.1. The third kappa shape index (κ3) is 5.13. The predicted octanol–water partition coefficient (Wildman–Crippen LogP) is 1.38. The lowest BCUT2D eigenvalue weighted by molar-refractivity contribution is -0.155. The summed E-state index contributed by atoms with van der Waals surface area (Å²) in [5, 5.41) is 22.1. The molecule has 0 radical (unpaired) electrons. The molecule has 0 saturated carbocycles. The molecular formula is C12H13F3N2O5. The van der Waals surface area contributed by atoms with Crippen molar-refractivity contribution in [3.05, 3.63) is 24.0 Å². The highest BCUT2D eigenvalue weighted by Gasteiger charge is 2.30. The van der Waals surface area contributed by atoms with Gasteiger partial charge in [0.1, 0.15) is 11.6 Å². The van der Waals surface area contributed by atoms with Crippen LogP contribution in [0.15, 0.2) is 18.2 Å². The number of hydrogen-bond acceptors (Lipinski definition) is 4. The fourth-order valence-electron chi connectivity index (χ4n) is 1.27. The van der Waals surface area contributed by atoms with Crippen molar-refractivity contribution in [3.8, 4) is 5.75 Å². The molecule has 4 N–H and O–H groups in total. The van der Waals surface area contributed by atoms with Crippen LogP contribution in [-0.4, -0.2) is 41.0 Å². The Morgan fingerprint density at radius 3 is 2.55 bits per heavy atom. The van der Waals surface area contributed by atoms with Crippen LogP contribution in [0.2, 0.25) is 0 Å². The van der Waals surface area contributed by atoms with Crippen LogP contribution in [0, 0.1) is 5.82 Å². The minimum atomic E-state index is -3.11. The quantitative estimate of drug-likeness (QED) is 0.633. The van der Waals surface area contributed by atoms with Gasteiger partial charge >= 0.3 is 18.6 Å². The molecule has 22 heavy (non-hydrogen) atoms. The Labute approximate surface area is 122 Å². The highest BCUT2D eigenvalue weighted by Crippen LogP contribution is 2.21. The molecule has 122 valence electrons. The van der Waals surface area contributed by atoms with E-state index >= 15 is 0 Å². The average Bonchev–Trinajstić information content (AvgIpc) is 2.39. The van der Waals surface area contributed by atoms with Crippen molar-refractivity contribution in [2.24, 2.45) is 0 Å². The van der Waals surface area contributed by atoms with Crippen LogP contribution in [0.25, 0.3) is 0 Å². The lowest BCUT2D eigenvalue weighted by Crippen LogP contribution is -2.47. The van der Waals surface area contributed by atoms with Crippen LogP contribution in [-0.2, 0) is 4.79 Å². The van der Waals surface area contributed by atoms with Crippen LogP contribution in [0.1, 0.15) is 6.92 Å². The minimum Gasteiger partial charge on any atom is -0.479 e. The second-order valence-electron chi connectivity index (χ2n) is 4.41. The van der Waals surface area contributed by atoms with E-state index < -0.39 is 42.3 Å². The highest BCUT2D eigenvalue weighted by atomic mass is 19.3. The molecule has 1 aromatic rings. The van der Waals surface area contributed by atoms with Gasteiger partial charge in [-0.05, 0) is 19.1 Å². The second kappa shape index (κ2) is 6.98. The lowest BCUT2D eigenvalue weighted by Gasteiger charge is -2.18. The molecule has 0 fully saturated rings. The summed E-state index contributed by atoms with van der Waals surface area (Å²) in [5.41, 5.74) is -2.53. The van der Waals surface area contributed by atoms with Crippen molar-refractivity contribution < 1.29 is 37.7 Å². The van der Waals surface area contributed by atoms with Gasteiger partial charge in [-0.3, -0.25) is 0 Å². The van der Waals surface area contributed by atoms with Crippen molar-refractivity contribution in [2.45, 2.75) is 19.1 Å². The van der Waals surface area contributed by atoms with Gasteiger partial charge in [-0.25, -0.2) is 14.0 Å². The first-order valence-electron chi connectivity index (χ1n) is 5.87. The molecular weight excluding hydrogens is 309 g/mol. The van der Waals surface area contributed by atoms with Crippen LogP contribution in [0.5, 0.6) is 5.75 Å². The standard InChI is InChI=1S/C12H13F3N2O5/c1-12(21,9(18)19)5-16-11(20)17-8-3-2-6(4-7(8)13)22-10(14)15/h2-4,10,21H,5H2,1H3,(H,18,19)(H2,16,17,20). The number of urea groups is 1. The van der Waals surface area contributed by atoms with Crippen molar-refractivity contribution >= 4 is 17.7 Å². The maximum absolute atomic E-state index is 13.6. The molecule has 7 nitrogen and oxygen atoms in total. The first kappa shape index (κ1) is 17.6. The van der Waals surface area contributed by atoms with Crippen molar-refractivity contribution in [2.75, 3.05) is 11.9 Å². The van der Waals surface area contributed by atoms with Gasteiger partial charge in [-0.1, -0.05) is 0 Å². The number of carboxylic acid groups (broad SMARTS) is 1. The number of rotatable bonds is 6. The minimum absolute atomic E-state index is 0.339. The van der Waals surface area contributed by atoms with E-state index in [1.807, 2.05) is 10.6 Å². The van der Waals surface area contributed by atoms with Gasteiger partial charge in [0, 0.05) is 6.07 Å². The molecule has 1 aromatic carbocycles. The van der Waals surface area contributed by atoms with E-state index in [2.05, 4.69) is 4.74 Å². The molecule has 0 heterocycles. The van der Waals surface area contributed by atoms with Crippen LogP contribution >= 0.6 is 0 Å². The molecule has 1 unspecified atom stereocenters. The van der Waals surface area contributed by atoms with Crippen LogP contribution in [0.4, 0.5) is 23.7 Å². The van der Waals surface area contributed by atoms with Crippen molar-refractivity contribution in [1.82, 2.24) is 5.32 Å². The number of benzene rings is 1. The molecule has 0 spiro atoms. The Hall–Kier alpha value is -2.49. The Kier molecular flexibility index (Phi) is 5.57. The van der Waals surface area contributed by atoms with E-state index in [-0.39, 0.29) is 5.69 Å². The molecule has 10 heteroatoms. The molecule has 2 amide bonds. The van der Waals surface area contributed by atoms with E-state index in [1.165, 1.54) is 0 Å². The zero-order valence-corrected chi connectivity index (χ0v) is 11.3. The third-order valence-corrected chi connectivity index (χ3v) is 2.47. The summed E-state index contributed by atoms with van der Waals surface area (Å²) in [6.07, 6.45) is 0. The van der Waals surface area contributed by atoms with Gasteiger partial charge in [0.15, 0.2) is 5.60 Å². The van der Waals surface area contributed by atoms with Gasteiger partial charge < -0.3 is 25.6 Å². The smallest absolute Gasteiger partial charge is 0.387 e. The van der Waals surface area contributed by atoms with Gasteiger partial charge in [-0.15, -0.1) is 0 Å². The van der Waals surface area contributed by atoms with Crippen molar-refractivity contribution in [1.29, 1.82) is 0 Å². The van der Waals surface area contributed by atoms with E-state index in [1.54, 1.807) is 0 Å². The first-order chi connectivity index (χ1) is 10.1. The number of carbonyl (C=O) groups is 2. The molecule has 1 rings (SSSR count). The molecule has 0 saturated heterocycles. The number of aliphatic hydroxyl groups is 1. The fraction of sp³-hybridized carbons (Fsp3) is 0.333. The predicted molar refractivity (Wildman–Crippen MR) is 68.3 cm³/mol. The van der Waals surface area contributed by atoms with Crippen LogP contribution in [0.3, 0.4) is 0 Å². The molecule has 1 atom stereocenters. The topological polar surface area (TPSA) is 108 Å². The molecule has 0 bridgehead atoms. The van der Waals surface area contributed by atoms with E-state index in [9.17, 15) is 27.9 Å². The summed E-state index contributed by atoms with van der Waals surface area (Å²) >= 11 is 0. The van der Waals surface area contributed by atoms with Gasteiger partial charge in [0.25, 0.3) is 0 Å². The zero-order chi connectivity index (χ0) is 16.9. The fourth-order valence-corrected chi connectivity index (χ4v) is 1.27. The Morgan fingerprint density at radius 2 is 2.05 bits per heavy atom. The number of amides is 2. The maximum Gasteiger partial charge on any atom is 0.387 e. The number of carbonyl (C=O) groups excluding carboxylic acids is 1. The van der Waals surface area contributed by atoms with E-state index in [0.717, 1.165) is 19.1 Å². The zero-order valence-electron chi connectivity index (χ0n) is 11.3. The summed E-state index contributed by atoms with van der Waals surface area (Å²) in [6.45, 7) is -2.77. The van der Waals surface area contributed by atoms with Gasteiger partial charge in [0.05, 0.1) is 12.2 Å². The van der Waals surface area contributed by atoms with Crippen LogP contribution < -0.4 is 15.4 Å². The van der Waals surface area contributed by atoms with Gasteiger partial charge in [-0.2, -0.15) is 8.78 Å². The Bertz CT molecular complexity index is 566. The summed E-state index contributed by atoms with van der Waals surface area (Å²) in [4.78, 5) is 22.1. The number of aliphatic carboxylic acids is 1. The number of hydrogen-bond donors (Lipinski definition) is 4. The number of ether oxygens (including phenoxy) is 1. The highest BCUT2D eigenvalue weighted by molar-refractivity contribution is 5.90. The monoisotopic (exact) mass is 322 g/mol. The number of carboxylic acids is 1. The second-order valence-corrected chi connectivity index (χ2v) is 4.41. The summed E-state index contributed by atoms with van der Waals surface area (Å²) in [7, 11) is 0. The molecule has 0 aromatic heterocycles. The molecule has 0 aliphatic carbocycles. The van der Waals surface area contributed by atoms with Crippen molar-refractivity contribution in [3.63, 3.8) is 0 Å².